The number of hydrogen-bond donors (Lipinski definition) is 2. The van der Waals surface area contributed by atoms with E-state index in [0.29, 0.717) is 5.56 Å². The second-order valence-electron chi connectivity index (χ2n) is 4.59. The number of alkyl carbamates (subject to hydrolysis) is 1. The lowest BCUT2D eigenvalue weighted by atomic mass is 10.1. The largest absolute Gasteiger partial charge is 0.445 e. The molecule has 0 aliphatic rings. The molecule has 3 N–H and O–H groups in total. The Bertz CT molecular complexity index is 644. The molecule has 2 aromatic carbocycles. The van der Waals surface area contributed by atoms with Gasteiger partial charge in [-0.05, 0) is 23.3 Å². The molecule has 22 heavy (non-hydrogen) atoms. The highest BCUT2D eigenvalue weighted by Gasteiger charge is 2.21. The fraction of sp³-hybridized carbons (Fsp3) is 0.125. The molecule has 5 nitrogen and oxygen atoms in total. The Hall–Kier alpha value is -2.89. The molecule has 0 aliphatic carbocycles. The summed E-state index contributed by atoms with van der Waals surface area (Å²) in [6.45, 7) is 0.0710. The summed E-state index contributed by atoms with van der Waals surface area (Å²) in [7, 11) is 0. The summed E-state index contributed by atoms with van der Waals surface area (Å²) in [5, 5.41) is 2.36. The van der Waals surface area contributed by atoms with Crippen molar-refractivity contribution >= 4 is 12.0 Å². The first-order valence-electron chi connectivity index (χ1n) is 6.58. The van der Waals surface area contributed by atoms with E-state index in [-0.39, 0.29) is 6.61 Å². The number of ether oxygens (including phenoxy) is 1. The zero-order chi connectivity index (χ0) is 15.9. The van der Waals surface area contributed by atoms with Crippen LogP contribution in [0.25, 0.3) is 0 Å². The highest BCUT2D eigenvalue weighted by atomic mass is 19.1. The van der Waals surface area contributed by atoms with Crippen LogP contribution in [0.4, 0.5) is 9.18 Å². The third-order valence-electron chi connectivity index (χ3n) is 2.96. The van der Waals surface area contributed by atoms with Gasteiger partial charge in [0.1, 0.15) is 18.5 Å². The molecule has 0 saturated carbocycles. The number of rotatable bonds is 5. The van der Waals surface area contributed by atoms with Crippen molar-refractivity contribution < 1.29 is 18.7 Å². The Morgan fingerprint density at radius 3 is 2.32 bits per heavy atom. The second-order valence-corrected chi connectivity index (χ2v) is 4.59. The Morgan fingerprint density at radius 2 is 1.73 bits per heavy atom. The molecule has 0 heterocycles. The molecule has 0 fully saturated rings. The average molecular weight is 302 g/mol. The van der Waals surface area contributed by atoms with Gasteiger partial charge in [0.05, 0.1) is 0 Å². The minimum absolute atomic E-state index is 0.0710. The van der Waals surface area contributed by atoms with Gasteiger partial charge in [-0.3, -0.25) is 4.79 Å². The van der Waals surface area contributed by atoms with Gasteiger partial charge in [-0.25, -0.2) is 9.18 Å². The third-order valence-corrected chi connectivity index (χ3v) is 2.96. The van der Waals surface area contributed by atoms with Crippen LogP contribution in [0.1, 0.15) is 17.2 Å². The number of hydrogen-bond acceptors (Lipinski definition) is 3. The highest BCUT2D eigenvalue weighted by Crippen LogP contribution is 2.13. The molecule has 2 rings (SSSR count). The molecule has 1 atom stereocenters. The molecule has 0 radical (unpaired) electrons. The van der Waals surface area contributed by atoms with Gasteiger partial charge >= 0.3 is 6.09 Å². The number of halogens is 1. The quantitative estimate of drug-likeness (QED) is 0.889. The second kappa shape index (κ2) is 7.21. The number of carbonyl (C=O) groups excluding carboxylic acids is 2. The van der Waals surface area contributed by atoms with Crippen LogP contribution in [-0.4, -0.2) is 12.0 Å². The summed E-state index contributed by atoms with van der Waals surface area (Å²) in [5.74, 6) is -1.21. The van der Waals surface area contributed by atoms with E-state index in [1.165, 1.54) is 24.3 Å². The minimum Gasteiger partial charge on any atom is -0.445 e. The van der Waals surface area contributed by atoms with E-state index in [2.05, 4.69) is 5.32 Å². The maximum absolute atomic E-state index is 12.9. The van der Waals surface area contributed by atoms with Crippen LogP contribution in [0.15, 0.2) is 54.6 Å². The van der Waals surface area contributed by atoms with Gasteiger partial charge in [0, 0.05) is 0 Å². The van der Waals surface area contributed by atoms with E-state index in [9.17, 15) is 14.0 Å². The van der Waals surface area contributed by atoms with Crippen molar-refractivity contribution in [1.82, 2.24) is 5.32 Å². The maximum Gasteiger partial charge on any atom is 0.408 e. The van der Waals surface area contributed by atoms with Crippen LogP contribution in [0.3, 0.4) is 0 Å². The molecule has 114 valence electrons. The van der Waals surface area contributed by atoms with E-state index < -0.39 is 23.9 Å². The normalized spacial score (nSPS) is 11.5. The summed E-state index contributed by atoms with van der Waals surface area (Å²) in [6.07, 6.45) is -0.781. The Labute approximate surface area is 126 Å². The third kappa shape index (κ3) is 4.31. The summed E-state index contributed by atoms with van der Waals surface area (Å²) < 4.78 is 17.9. The molecule has 6 heteroatoms. The van der Waals surface area contributed by atoms with Crippen molar-refractivity contribution in [2.45, 2.75) is 12.6 Å². The van der Waals surface area contributed by atoms with Gasteiger partial charge in [0.25, 0.3) is 0 Å². The van der Waals surface area contributed by atoms with Crippen molar-refractivity contribution in [3.05, 3.63) is 71.5 Å². The number of primary amides is 1. The summed E-state index contributed by atoms with van der Waals surface area (Å²) in [6, 6.07) is 13.1. The molecular formula is C16H15FN2O3. The first-order chi connectivity index (χ1) is 10.6. The lowest BCUT2D eigenvalue weighted by Crippen LogP contribution is -2.37. The van der Waals surface area contributed by atoms with Crippen LogP contribution in [0, 0.1) is 5.82 Å². The molecule has 0 spiro atoms. The van der Waals surface area contributed by atoms with E-state index in [1.54, 1.807) is 12.1 Å². The predicted octanol–water partition coefficient (Wildman–Crippen LogP) is 2.28. The average Bonchev–Trinajstić information content (AvgIpc) is 2.52. The van der Waals surface area contributed by atoms with Crippen LogP contribution < -0.4 is 11.1 Å². The van der Waals surface area contributed by atoms with Crippen molar-refractivity contribution in [2.24, 2.45) is 5.73 Å². The van der Waals surface area contributed by atoms with Crippen molar-refractivity contribution in [3.8, 4) is 0 Å². The van der Waals surface area contributed by atoms with Crippen LogP contribution in [-0.2, 0) is 16.1 Å². The zero-order valence-electron chi connectivity index (χ0n) is 11.7. The van der Waals surface area contributed by atoms with Crippen molar-refractivity contribution in [1.29, 1.82) is 0 Å². The number of amides is 2. The molecule has 0 bridgehead atoms. The Balaban J connectivity index is 1.97. The Morgan fingerprint density at radius 1 is 1.09 bits per heavy atom. The summed E-state index contributed by atoms with van der Waals surface area (Å²) >= 11 is 0. The molecule has 0 aliphatic heterocycles. The van der Waals surface area contributed by atoms with Crippen LogP contribution in [0.2, 0.25) is 0 Å². The summed E-state index contributed by atoms with van der Waals surface area (Å²) in [5.41, 5.74) is 6.45. The maximum atomic E-state index is 12.9. The van der Waals surface area contributed by atoms with Gasteiger partial charge in [-0.2, -0.15) is 0 Å². The van der Waals surface area contributed by atoms with Gasteiger partial charge in [-0.15, -0.1) is 0 Å². The fourth-order valence-corrected chi connectivity index (χ4v) is 1.86. The molecule has 0 saturated heterocycles. The zero-order valence-corrected chi connectivity index (χ0v) is 11.7. The smallest absolute Gasteiger partial charge is 0.408 e. The molecule has 2 amide bonds. The lowest BCUT2D eigenvalue weighted by Gasteiger charge is -2.15. The van der Waals surface area contributed by atoms with Crippen LogP contribution >= 0.6 is 0 Å². The van der Waals surface area contributed by atoms with E-state index >= 15 is 0 Å². The monoisotopic (exact) mass is 302 g/mol. The van der Waals surface area contributed by atoms with Crippen molar-refractivity contribution in [3.63, 3.8) is 0 Å². The van der Waals surface area contributed by atoms with Gasteiger partial charge < -0.3 is 15.8 Å². The molecule has 0 unspecified atom stereocenters. The van der Waals surface area contributed by atoms with E-state index in [4.69, 9.17) is 10.5 Å². The number of nitrogens with two attached hydrogens (primary N) is 1. The van der Waals surface area contributed by atoms with Gasteiger partial charge in [0.15, 0.2) is 0 Å². The number of carbonyl (C=O) groups is 2. The lowest BCUT2D eigenvalue weighted by molar-refractivity contribution is -0.120. The van der Waals surface area contributed by atoms with Gasteiger partial charge in [0.2, 0.25) is 5.91 Å². The van der Waals surface area contributed by atoms with Crippen molar-refractivity contribution in [2.75, 3.05) is 0 Å². The highest BCUT2D eigenvalue weighted by molar-refractivity contribution is 5.85. The van der Waals surface area contributed by atoms with E-state index in [0.717, 1.165) is 5.56 Å². The fourth-order valence-electron chi connectivity index (χ4n) is 1.86. The molecular weight excluding hydrogens is 287 g/mol. The van der Waals surface area contributed by atoms with Crippen LogP contribution in [0.5, 0.6) is 0 Å². The minimum atomic E-state index is -1.08. The predicted molar refractivity (Wildman–Crippen MR) is 78.1 cm³/mol. The molecule has 0 aromatic heterocycles. The topological polar surface area (TPSA) is 81.4 Å². The van der Waals surface area contributed by atoms with Gasteiger partial charge in [-0.1, -0.05) is 42.5 Å². The Kier molecular flexibility index (Phi) is 5.08. The summed E-state index contributed by atoms with van der Waals surface area (Å²) in [4.78, 5) is 23.2. The number of nitrogens with one attached hydrogen (secondary N) is 1. The molecule has 2 aromatic rings. The SMILES string of the molecule is NC(=O)[C@@H](NC(=O)OCc1ccccc1)c1ccc(F)cc1. The van der Waals surface area contributed by atoms with E-state index in [1.807, 2.05) is 18.2 Å². The number of benzene rings is 2. The standard InChI is InChI=1S/C16H15FN2O3/c17-13-8-6-12(7-9-13)14(15(18)20)19-16(21)22-10-11-4-2-1-3-5-11/h1-9,14H,10H2,(H2,18,20)(H,19,21)/t14-/m0/s1. The first kappa shape index (κ1) is 15.5. The first-order valence-corrected chi connectivity index (χ1v) is 6.58.